The summed E-state index contributed by atoms with van der Waals surface area (Å²) in [5.41, 5.74) is 1.73. The number of amides is 1. The van der Waals surface area contributed by atoms with Gasteiger partial charge in [0.25, 0.3) is 0 Å². The van der Waals surface area contributed by atoms with Crippen molar-refractivity contribution in [1.82, 2.24) is 9.88 Å². The average molecular weight is 342 g/mol. The zero-order chi connectivity index (χ0) is 18.0. The van der Waals surface area contributed by atoms with Crippen LogP contribution in [0.2, 0.25) is 0 Å². The van der Waals surface area contributed by atoms with Crippen molar-refractivity contribution in [2.45, 2.75) is 45.1 Å². The number of nitrogens with zero attached hydrogens (tertiary/aromatic N) is 2. The van der Waals surface area contributed by atoms with Gasteiger partial charge in [0.05, 0.1) is 7.11 Å². The predicted octanol–water partition coefficient (Wildman–Crippen LogP) is 4.36. The highest BCUT2D eigenvalue weighted by Gasteiger charge is 2.28. The second kappa shape index (κ2) is 6.90. The van der Waals surface area contributed by atoms with Gasteiger partial charge in [-0.3, -0.25) is 4.98 Å². The first-order valence-corrected chi connectivity index (χ1v) is 8.78. The second-order valence-electron chi connectivity index (χ2n) is 7.50. The number of ether oxygens (including phenoxy) is 2. The monoisotopic (exact) mass is 342 g/mol. The van der Waals surface area contributed by atoms with Crippen molar-refractivity contribution in [3.05, 3.63) is 36.0 Å². The number of methoxy groups -OCH3 is 1. The third kappa shape index (κ3) is 3.86. The van der Waals surface area contributed by atoms with Gasteiger partial charge in [0.2, 0.25) is 0 Å². The van der Waals surface area contributed by atoms with Crippen LogP contribution in [0.4, 0.5) is 4.79 Å². The number of aromatic nitrogens is 1. The van der Waals surface area contributed by atoms with Crippen molar-refractivity contribution in [1.29, 1.82) is 0 Å². The van der Waals surface area contributed by atoms with Crippen LogP contribution in [0, 0.1) is 0 Å². The van der Waals surface area contributed by atoms with Crippen LogP contribution >= 0.6 is 0 Å². The Balaban J connectivity index is 1.76. The van der Waals surface area contributed by atoms with Crippen molar-refractivity contribution in [2.75, 3.05) is 20.2 Å². The summed E-state index contributed by atoms with van der Waals surface area (Å²) in [6.45, 7) is 7.12. The molecule has 134 valence electrons. The summed E-state index contributed by atoms with van der Waals surface area (Å²) in [5, 5.41) is 1.14. The van der Waals surface area contributed by atoms with Crippen molar-refractivity contribution in [2.24, 2.45) is 0 Å². The Morgan fingerprint density at radius 1 is 1.20 bits per heavy atom. The highest BCUT2D eigenvalue weighted by molar-refractivity contribution is 5.87. The molecule has 0 aliphatic carbocycles. The van der Waals surface area contributed by atoms with Crippen LogP contribution in [0.15, 0.2) is 30.5 Å². The molecule has 0 radical (unpaired) electrons. The van der Waals surface area contributed by atoms with Crippen LogP contribution in [-0.4, -0.2) is 41.8 Å². The molecule has 0 unspecified atom stereocenters. The van der Waals surface area contributed by atoms with Gasteiger partial charge in [-0.2, -0.15) is 0 Å². The maximum absolute atomic E-state index is 12.2. The molecule has 1 aromatic carbocycles. The van der Waals surface area contributed by atoms with Crippen LogP contribution in [-0.2, 0) is 4.74 Å². The minimum Gasteiger partial charge on any atom is -0.494 e. The fourth-order valence-electron chi connectivity index (χ4n) is 3.39. The van der Waals surface area contributed by atoms with Crippen LogP contribution in [0.3, 0.4) is 0 Å². The molecule has 2 heterocycles. The molecule has 5 nitrogen and oxygen atoms in total. The zero-order valence-corrected chi connectivity index (χ0v) is 15.4. The van der Waals surface area contributed by atoms with Crippen molar-refractivity contribution >= 4 is 17.0 Å². The standard InChI is InChI=1S/C20H26N2O3/c1-20(2,3)25-19(23)22-12-9-14(10-13-22)15-8-11-21-18-16(15)6-5-7-17(18)24-4/h5-8,11,14H,9-10,12-13H2,1-4H3. The van der Waals surface area contributed by atoms with E-state index in [1.54, 1.807) is 7.11 Å². The molecule has 0 atom stereocenters. The van der Waals surface area contributed by atoms with E-state index >= 15 is 0 Å². The molecule has 1 amide bonds. The summed E-state index contributed by atoms with van der Waals surface area (Å²) in [6.07, 6.45) is 3.48. The van der Waals surface area contributed by atoms with Crippen LogP contribution in [0.25, 0.3) is 10.9 Å². The smallest absolute Gasteiger partial charge is 0.410 e. The Kier molecular flexibility index (Phi) is 4.84. The lowest BCUT2D eigenvalue weighted by Gasteiger charge is -2.34. The quantitative estimate of drug-likeness (QED) is 0.814. The fourth-order valence-corrected chi connectivity index (χ4v) is 3.39. The number of rotatable bonds is 2. The van der Waals surface area contributed by atoms with Gasteiger partial charge in [0, 0.05) is 24.7 Å². The summed E-state index contributed by atoms with van der Waals surface area (Å²) in [7, 11) is 1.67. The van der Waals surface area contributed by atoms with Gasteiger partial charge < -0.3 is 14.4 Å². The molecule has 0 spiro atoms. The SMILES string of the molecule is COc1cccc2c(C3CCN(C(=O)OC(C)(C)C)CC3)ccnc12. The van der Waals surface area contributed by atoms with Gasteiger partial charge in [0.15, 0.2) is 0 Å². The minimum absolute atomic E-state index is 0.216. The van der Waals surface area contributed by atoms with Crippen molar-refractivity contribution in [3.63, 3.8) is 0 Å². The van der Waals surface area contributed by atoms with E-state index in [2.05, 4.69) is 17.1 Å². The van der Waals surface area contributed by atoms with E-state index in [0.717, 1.165) is 29.5 Å². The number of fused-ring (bicyclic) bond motifs is 1. The Morgan fingerprint density at radius 3 is 2.56 bits per heavy atom. The normalized spacial score (nSPS) is 16.1. The van der Waals surface area contributed by atoms with E-state index < -0.39 is 5.60 Å². The maximum Gasteiger partial charge on any atom is 0.410 e. The molecule has 0 N–H and O–H groups in total. The number of pyridine rings is 1. The van der Waals surface area contributed by atoms with Crippen molar-refractivity contribution < 1.29 is 14.3 Å². The van der Waals surface area contributed by atoms with Gasteiger partial charge in [-0.05, 0) is 57.2 Å². The predicted molar refractivity (Wildman–Crippen MR) is 98.1 cm³/mol. The molecule has 1 aliphatic rings. The Bertz CT molecular complexity index is 759. The van der Waals surface area contributed by atoms with Gasteiger partial charge in [-0.1, -0.05) is 12.1 Å². The van der Waals surface area contributed by atoms with Gasteiger partial charge in [0.1, 0.15) is 16.9 Å². The number of carbonyl (C=O) groups is 1. The number of hydrogen-bond acceptors (Lipinski definition) is 4. The summed E-state index contributed by atoms with van der Waals surface area (Å²) >= 11 is 0. The highest BCUT2D eigenvalue weighted by atomic mass is 16.6. The molecule has 1 saturated heterocycles. The molecule has 1 aliphatic heterocycles. The van der Waals surface area contributed by atoms with E-state index in [1.165, 1.54) is 5.56 Å². The van der Waals surface area contributed by atoms with Gasteiger partial charge in [-0.25, -0.2) is 4.79 Å². The van der Waals surface area contributed by atoms with Crippen molar-refractivity contribution in [3.8, 4) is 5.75 Å². The summed E-state index contributed by atoms with van der Waals surface area (Å²) in [4.78, 5) is 18.5. The van der Waals surface area contributed by atoms with E-state index in [-0.39, 0.29) is 6.09 Å². The number of hydrogen-bond donors (Lipinski definition) is 0. The molecule has 0 saturated carbocycles. The summed E-state index contributed by atoms with van der Waals surface area (Å²) in [6, 6.07) is 8.13. The number of likely N-dealkylation sites (tertiary alicyclic amines) is 1. The largest absolute Gasteiger partial charge is 0.494 e. The van der Waals surface area contributed by atoms with E-state index in [0.29, 0.717) is 19.0 Å². The molecule has 2 aromatic rings. The third-order valence-corrected chi connectivity index (χ3v) is 4.57. The number of benzene rings is 1. The number of carbonyl (C=O) groups excluding carboxylic acids is 1. The fraction of sp³-hybridized carbons (Fsp3) is 0.500. The van der Waals surface area contributed by atoms with E-state index in [4.69, 9.17) is 9.47 Å². The molecule has 25 heavy (non-hydrogen) atoms. The summed E-state index contributed by atoms with van der Waals surface area (Å²) in [5.74, 6) is 1.21. The molecule has 3 rings (SSSR count). The topological polar surface area (TPSA) is 51.7 Å². The molecule has 1 fully saturated rings. The molecule has 5 heteroatoms. The number of piperidine rings is 1. The minimum atomic E-state index is -0.453. The second-order valence-corrected chi connectivity index (χ2v) is 7.50. The number of para-hydroxylation sites is 1. The highest BCUT2D eigenvalue weighted by Crippen LogP contribution is 2.35. The van der Waals surface area contributed by atoms with Gasteiger partial charge >= 0.3 is 6.09 Å². The van der Waals surface area contributed by atoms with E-state index in [9.17, 15) is 4.79 Å². The lowest BCUT2D eigenvalue weighted by atomic mass is 9.87. The van der Waals surface area contributed by atoms with Crippen LogP contribution in [0.5, 0.6) is 5.75 Å². The van der Waals surface area contributed by atoms with E-state index in [1.807, 2.05) is 44.0 Å². The third-order valence-electron chi connectivity index (χ3n) is 4.57. The molecular weight excluding hydrogens is 316 g/mol. The lowest BCUT2D eigenvalue weighted by Crippen LogP contribution is -2.41. The first-order valence-electron chi connectivity index (χ1n) is 8.78. The first-order chi connectivity index (χ1) is 11.9. The van der Waals surface area contributed by atoms with Gasteiger partial charge in [-0.15, -0.1) is 0 Å². The Hall–Kier alpha value is -2.30. The Morgan fingerprint density at radius 2 is 1.92 bits per heavy atom. The first kappa shape index (κ1) is 17.5. The molecule has 0 bridgehead atoms. The summed E-state index contributed by atoms with van der Waals surface area (Å²) < 4.78 is 10.9. The van der Waals surface area contributed by atoms with Crippen LogP contribution in [0.1, 0.15) is 45.1 Å². The average Bonchev–Trinajstić information content (AvgIpc) is 2.59. The maximum atomic E-state index is 12.2. The zero-order valence-electron chi connectivity index (χ0n) is 15.4. The molecule has 1 aromatic heterocycles. The van der Waals surface area contributed by atoms with Crippen LogP contribution < -0.4 is 4.74 Å². The molecular formula is C20H26N2O3. The lowest BCUT2D eigenvalue weighted by molar-refractivity contribution is 0.0205. The Labute approximate surface area is 148 Å².